The average Bonchev–Trinajstić information content (AvgIpc) is 3.11. The van der Waals surface area contributed by atoms with Crippen LogP contribution in [0.5, 0.6) is 0 Å². The number of hydrogen-bond donors (Lipinski definition) is 1. The fourth-order valence-electron chi connectivity index (χ4n) is 3.16. The summed E-state index contributed by atoms with van der Waals surface area (Å²) in [5, 5.41) is 2.96. The van der Waals surface area contributed by atoms with Gasteiger partial charge in [-0.25, -0.2) is 18.6 Å². The molecule has 2 aromatic heterocycles. The van der Waals surface area contributed by atoms with Crippen LogP contribution >= 0.6 is 11.6 Å². The summed E-state index contributed by atoms with van der Waals surface area (Å²) in [4.78, 5) is 30.5. The molecular formula is C18H13ClF2N4O2. The van der Waals surface area contributed by atoms with E-state index in [-0.39, 0.29) is 12.1 Å². The smallest absolute Gasteiger partial charge is 0.319 e. The number of aromatic nitrogens is 2. The number of hydrogen-bond acceptors (Lipinski definition) is 3. The van der Waals surface area contributed by atoms with Gasteiger partial charge < -0.3 is 9.72 Å². The van der Waals surface area contributed by atoms with Crippen LogP contribution in [0.4, 0.5) is 13.6 Å². The van der Waals surface area contributed by atoms with E-state index >= 15 is 0 Å². The lowest BCUT2D eigenvalue weighted by Crippen LogP contribution is -2.41. The van der Waals surface area contributed by atoms with E-state index in [4.69, 9.17) is 11.6 Å². The quantitative estimate of drug-likeness (QED) is 0.698. The summed E-state index contributed by atoms with van der Waals surface area (Å²) in [6, 6.07) is 5.44. The summed E-state index contributed by atoms with van der Waals surface area (Å²) >= 11 is 5.93. The third-order valence-corrected chi connectivity index (χ3v) is 4.75. The van der Waals surface area contributed by atoms with Crippen molar-refractivity contribution in [3.8, 4) is 0 Å². The maximum atomic E-state index is 14.2. The zero-order valence-electron chi connectivity index (χ0n) is 14.0. The van der Waals surface area contributed by atoms with E-state index in [0.717, 1.165) is 23.1 Å². The first-order valence-electron chi connectivity index (χ1n) is 8.01. The van der Waals surface area contributed by atoms with Crippen molar-refractivity contribution >= 4 is 29.2 Å². The van der Waals surface area contributed by atoms with Gasteiger partial charge in [0.2, 0.25) is 0 Å². The number of imidazole rings is 1. The van der Waals surface area contributed by atoms with Crippen LogP contribution in [0.1, 0.15) is 18.2 Å². The van der Waals surface area contributed by atoms with Gasteiger partial charge in [-0.15, -0.1) is 0 Å². The fourth-order valence-corrected chi connectivity index (χ4v) is 3.33. The highest BCUT2D eigenvalue weighted by atomic mass is 35.5. The molecule has 27 heavy (non-hydrogen) atoms. The van der Waals surface area contributed by atoms with E-state index < -0.39 is 29.1 Å². The second-order valence-electron chi connectivity index (χ2n) is 6.42. The lowest BCUT2D eigenvalue weighted by molar-refractivity contribution is -0.131. The highest BCUT2D eigenvalue weighted by molar-refractivity contribution is 6.30. The van der Waals surface area contributed by atoms with Gasteiger partial charge >= 0.3 is 6.03 Å². The normalized spacial score (nSPS) is 19.8. The third kappa shape index (κ3) is 2.82. The van der Waals surface area contributed by atoms with Gasteiger partial charge in [-0.1, -0.05) is 11.6 Å². The lowest BCUT2D eigenvalue weighted by atomic mass is 9.91. The monoisotopic (exact) mass is 390 g/mol. The van der Waals surface area contributed by atoms with Gasteiger partial charge in [0.1, 0.15) is 22.8 Å². The highest BCUT2D eigenvalue weighted by Crippen LogP contribution is 2.32. The Morgan fingerprint density at radius 3 is 2.74 bits per heavy atom. The molecule has 3 heterocycles. The molecule has 0 spiro atoms. The molecule has 0 saturated carbocycles. The molecule has 1 aliphatic heterocycles. The number of urea groups is 1. The number of halogens is 3. The van der Waals surface area contributed by atoms with Crippen LogP contribution in [0.3, 0.4) is 0 Å². The molecule has 0 bridgehead atoms. The summed E-state index contributed by atoms with van der Waals surface area (Å²) in [7, 11) is 0. The zero-order chi connectivity index (χ0) is 19.3. The predicted octanol–water partition coefficient (Wildman–Crippen LogP) is 3.23. The summed E-state index contributed by atoms with van der Waals surface area (Å²) in [5.74, 6) is -2.17. The summed E-state index contributed by atoms with van der Waals surface area (Å²) in [6.07, 6.45) is 3.28. The van der Waals surface area contributed by atoms with Gasteiger partial charge in [0, 0.05) is 18.0 Å². The fraction of sp³-hybridized carbons (Fsp3) is 0.167. The van der Waals surface area contributed by atoms with Crippen molar-refractivity contribution in [2.24, 2.45) is 0 Å². The zero-order valence-corrected chi connectivity index (χ0v) is 14.8. The molecule has 138 valence electrons. The van der Waals surface area contributed by atoms with Gasteiger partial charge in [-0.2, -0.15) is 0 Å². The molecule has 0 radical (unpaired) electrons. The Balaban J connectivity index is 1.67. The minimum absolute atomic E-state index is 0.115. The van der Waals surface area contributed by atoms with Crippen molar-refractivity contribution in [2.75, 3.05) is 0 Å². The Kier molecular flexibility index (Phi) is 3.88. The maximum Gasteiger partial charge on any atom is 0.325 e. The van der Waals surface area contributed by atoms with E-state index in [1.807, 2.05) is 0 Å². The van der Waals surface area contributed by atoms with E-state index in [9.17, 15) is 18.4 Å². The molecule has 1 N–H and O–H groups in total. The van der Waals surface area contributed by atoms with Crippen LogP contribution in [0.25, 0.3) is 5.65 Å². The Bertz CT molecular complexity index is 1100. The molecule has 4 rings (SSSR count). The van der Waals surface area contributed by atoms with Crippen LogP contribution in [0.2, 0.25) is 5.02 Å². The number of amides is 3. The molecular weight excluding hydrogens is 378 g/mol. The van der Waals surface area contributed by atoms with E-state index in [1.165, 1.54) is 6.92 Å². The van der Waals surface area contributed by atoms with Crippen LogP contribution < -0.4 is 5.32 Å². The van der Waals surface area contributed by atoms with E-state index in [1.54, 1.807) is 28.9 Å². The second kappa shape index (κ2) is 6.02. The van der Waals surface area contributed by atoms with Crippen LogP contribution in [-0.2, 0) is 16.9 Å². The third-order valence-electron chi connectivity index (χ3n) is 4.53. The van der Waals surface area contributed by atoms with Crippen molar-refractivity contribution in [3.05, 3.63) is 70.6 Å². The SMILES string of the molecule is C[C@]1(c2cc(F)ccc2F)NC(=O)N(Cc2cn3cc(Cl)ccc3n2)C1=O. The molecule has 0 unspecified atom stereocenters. The highest BCUT2D eigenvalue weighted by Gasteiger charge is 2.50. The van der Waals surface area contributed by atoms with Gasteiger partial charge in [-0.3, -0.25) is 9.69 Å². The van der Waals surface area contributed by atoms with E-state index in [2.05, 4.69) is 10.3 Å². The number of carbonyl (C=O) groups is 2. The Morgan fingerprint density at radius 2 is 1.96 bits per heavy atom. The minimum atomic E-state index is -1.70. The number of nitrogens with one attached hydrogen (secondary N) is 1. The average molecular weight is 391 g/mol. The predicted molar refractivity (Wildman–Crippen MR) is 93.0 cm³/mol. The van der Waals surface area contributed by atoms with Crippen molar-refractivity contribution in [3.63, 3.8) is 0 Å². The first-order valence-corrected chi connectivity index (χ1v) is 8.38. The number of benzene rings is 1. The minimum Gasteiger partial charge on any atom is -0.319 e. The van der Waals surface area contributed by atoms with Gasteiger partial charge in [0.05, 0.1) is 17.3 Å². The molecule has 1 fully saturated rings. The van der Waals surface area contributed by atoms with Crippen molar-refractivity contribution in [1.82, 2.24) is 19.6 Å². The van der Waals surface area contributed by atoms with Gasteiger partial charge in [-0.05, 0) is 37.3 Å². The second-order valence-corrected chi connectivity index (χ2v) is 6.85. The molecule has 3 amide bonds. The Hall–Kier alpha value is -3.00. The molecule has 1 aliphatic rings. The Labute approximate surface area is 157 Å². The number of imide groups is 1. The van der Waals surface area contributed by atoms with Crippen LogP contribution in [0.15, 0.2) is 42.7 Å². The number of fused-ring (bicyclic) bond motifs is 1. The van der Waals surface area contributed by atoms with Crippen molar-refractivity contribution in [1.29, 1.82) is 0 Å². The largest absolute Gasteiger partial charge is 0.325 e. The molecule has 6 nitrogen and oxygen atoms in total. The maximum absolute atomic E-state index is 14.2. The molecule has 1 aromatic carbocycles. The standard InChI is InChI=1S/C18H13ClF2N4O2/c1-18(13-6-11(20)3-4-14(13)21)16(26)25(17(27)23-18)9-12-8-24-7-10(19)2-5-15(24)22-12/h2-8H,9H2,1H3,(H,23,27)/t18-/m1/s1. The lowest BCUT2D eigenvalue weighted by Gasteiger charge is -2.22. The number of nitrogens with zero attached hydrogens (tertiary/aromatic N) is 3. The van der Waals surface area contributed by atoms with Gasteiger partial charge in [0.25, 0.3) is 5.91 Å². The first-order chi connectivity index (χ1) is 12.8. The van der Waals surface area contributed by atoms with Crippen LogP contribution in [0, 0.1) is 11.6 Å². The summed E-state index contributed by atoms with van der Waals surface area (Å²) in [6.45, 7) is 1.23. The topological polar surface area (TPSA) is 66.7 Å². The molecule has 0 aliphatic carbocycles. The van der Waals surface area contributed by atoms with Gasteiger partial charge in [0.15, 0.2) is 0 Å². The number of pyridine rings is 1. The number of carbonyl (C=O) groups excluding carboxylic acids is 2. The van der Waals surface area contributed by atoms with E-state index in [0.29, 0.717) is 16.4 Å². The molecule has 3 aromatic rings. The summed E-state index contributed by atoms with van der Waals surface area (Å²) in [5.41, 5.74) is -0.888. The van der Waals surface area contributed by atoms with Crippen molar-refractivity contribution in [2.45, 2.75) is 19.0 Å². The number of rotatable bonds is 3. The molecule has 1 saturated heterocycles. The first kappa shape index (κ1) is 17.4. The van der Waals surface area contributed by atoms with Crippen molar-refractivity contribution < 1.29 is 18.4 Å². The molecule has 1 atom stereocenters. The van der Waals surface area contributed by atoms with Crippen LogP contribution in [-0.4, -0.2) is 26.2 Å². The molecule has 9 heteroatoms. The summed E-state index contributed by atoms with van der Waals surface area (Å²) < 4.78 is 29.4. The Morgan fingerprint density at radius 1 is 1.19 bits per heavy atom.